The number of nitrogens with one attached hydrogen (secondary N) is 1. The maximum atomic E-state index is 4.72. The molecule has 0 bridgehead atoms. The van der Waals surface area contributed by atoms with Crippen LogP contribution in [0.4, 0.5) is 0 Å². The first kappa shape index (κ1) is 25.8. The van der Waals surface area contributed by atoms with Crippen molar-refractivity contribution in [2.75, 3.05) is 0 Å². The minimum Gasteiger partial charge on any atom is -0.250 e. The summed E-state index contributed by atoms with van der Waals surface area (Å²) in [5.74, 6) is 0. The topological polar surface area (TPSA) is 27.0 Å². The number of H-pyrrole nitrogens is 1. The van der Waals surface area contributed by atoms with E-state index < -0.39 is 0 Å². The number of nitrogens with zero attached hydrogens (tertiary/aromatic N) is 1. The lowest BCUT2D eigenvalue weighted by molar-refractivity contribution is -0.364. The van der Waals surface area contributed by atoms with Crippen molar-refractivity contribution in [3.05, 3.63) is 168 Å². The first-order chi connectivity index (χ1) is 21.8. The maximum absolute atomic E-state index is 4.72. The molecule has 0 saturated carbocycles. The highest BCUT2D eigenvalue weighted by Crippen LogP contribution is 2.32. The van der Waals surface area contributed by atoms with Crippen LogP contribution in [0.15, 0.2) is 146 Å². The Morgan fingerprint density at radius 2 is 0.886 bits per heavy atom. The molecule has 0 fully saturated rings. The molecular weight excluding hydrogens is 532 g/mol. The second kappa shape index (κ2) is 11.1. The van der Waals surface area contributed by atoms with Crippen LogP contribution in [0.2, 0.25) is 0 Å². The van der Waals surface area contributed by atoms with E-state index >= 15 is 0 Å². The van der Waals surface area contributed by atoms with Gasteiger partial charge >= 0.3 is 0 Å². The molecule has 0 radical (unpaired) electrons. The Morgan fingerprint density at radius 1 is 0.432 bits per heavy atom. The van der Waals surface area contributed by atoms with Gasteiger partial charge in [0.05, 0.1) is 0 Å². The molecular formula is C42H29N2+. The molecule has 0 aliphatic heterocycles. The zero-order valence-electron chi connectivity index (χ0n) is 24.1. The van der Waals surface area contributed by atoms with Crippen LogP contribution in [-0.4, -0.2) is 4.98 Å². The first-order valence-corrected chi connectivity index (χ1v) is 15.0. The molecule has 8 rings (SSSR count). The summed E-state index contributed by atoms with van der Waals surface area (Å²) in [6.07, 6.45) is 12.7. The molecule has 0 aliphatic carbocycles. The number of fused-ring (bicyclic) bond motifs is 4. The molecule has 1 N–H and O–H groups in total. The molecule has 0 spiro atoms. The highest BCUT2D eigenvalue weighted by atomic mass is 14.8. The zero-order valence-corrected chi connectivity index (χ0v) is 24.1. The van der Waals surface area contributed by atoms with Gasteiger partial charge in [0.25, 0.3) is 0 Å². The lowest BCUT2D eigenvalue weighted by atomic mass is 9.96. The van der Waals surface area contributed by atoms with Crippen molar-refractivity contribution in [3.8, 4) is 11.4 Å². The number of aromatic nitrogens is 2. The van der Waals surface area contributed by atoms with Gasteiger partial charge in [0.1, 0.15) is 5.69 Å². The molecule has 2 nitrogen and oxygen atoms in total. The summed E-state index contributed by atoms with van der Waals surface area (Å²) in [5.41, 5.74) is 6.56. The Morgan fingerprint density at radius 3 is 1.39 bits per heavy atom. The monoisotopic (exact) mass is 561 g/mol. The second-order valence-corrected chi connectivity index (χ2v) is 11.1. The normalized spacial score (nSPS) is 11.9. The quantitative estimate of drug-likeness (QED) is 0.192. The third-order valence-corrected chi connectivity index (χ3v) is 8.40. The molecule has 2 heteroatoms. The fraction of sp³-hybridized carbons (Fsp3) is 0. The van der Waals surface area contributed by atoms with Gasteiger partial charge in [-0.2, -0.15) is 0 Å². The SMILES string of the molecule is C(=C\c1c2ccccc2cc2ccccc12)/c1ccnc(-c2cc(/C=C/c3c4ccccc4cc4ccccc34)cc[nH+]2)c1. The van der Waals surface area contributed by atoms with Crippen molar-refractivity contribution in [3.63, 3.8) is 0 Å². The van der Waals surface area contributed by atoms with Gasteiger partial charge in [-0.1, -0.05) is 121 Å². The summed E-state index contributed by atoms with van der Waals surface area (Å²) in [7, 11) is 0. The van der Waals surface area contributed by atoms with Crippen molar-refractivity contribution in [2.45, 2.75) is 0 Å². The Bertz CT molecular complexity index is 2120. The molecule has 0 unspecified atom stereocenters. The smallest absolute Gasteiger partial charge is 0.230 e. The number of hydrogen-bond donors (Lipinski definition) is 0. The molecule has 44 heavy (non-hydrogen) atoms. The average Bonchev–Trinajstić information content (AvgIpc) is 3.08. The third-order valence-electron chi connectivity index (χ3n) is 8.40. The number of pyridine rings is 2. The summed E-state index contributed by atoms with van der Waals surface area (Å²) < 4.78 is 0. The van der Waals surface area contributed by atoms with E-state index in [4.69, 9.17) is 4.98 Å². The first-order valence-electron chi connectivity index (χ1n) is 15.0. The number of rotatable bonds is 5. The van der Waals surface area contributed by atoms with E-state index in [1.165, 1.54) is 54.2 Å². The average molecular weight is 562 g/mol. The van der Waals surface area contributed by atoms with E-state index in [0.29, 0.717) is 0 Å². The lowest BCUT2D eigenvalue weighted by Crippen LogP contribution is -2.06. The zero-order chi connectivity index (χ0) is 29.3. The van der Waals surface area contributed by atoms with Crippen molar-refractivity contribution < 1.29 is 4.98 Å². The van der Waals surface area contributed by atoms with Crippen molar-refractivity contribution in [2.24, 2.45) is 0 Å². The highest BCUT2D eigenvalue weighted by Gasteiger charge is 2.10. The minimum absolute atomic E-state index is 0.904. The van der Waals surface area contributed by atoms with Crippen LogP contribution < -0.4 is 4.98 Å². The predicted molar refractivity (Wildman–Crippen MR) is 187 cm³/mol. The molecule has 2 heterocycles. The van der Waals surface area contributed by atoms with Crippen LogP contribution in [0.1, 0.15) is 22.3 Å². The largest absolute Gasteiger partial charge is 0.250 e. The lowest BCUT2D eigenvalue weighted by Gasteiger charge is -2.08. The van der Waals surface area contributed by atoms with Gasteiger partial charge < -0.3 is 0 Å². The number of aromatic amines is 1. The number of hydrogen-bond acceptors (Lipinski definition) is 1. The third kappa shape index (κ3) is 4.83. The summed E-state index contributed by atoms with van der Waals surface area (Å²) in [4.78, 5) is 8.13. The van der Waals surface area contributed by atoms with E-state index in [0.717, 1.165) is 22.5 Å². The van der Waals surface area contributed by atoms with Gasteiger partial charge in [0.2, 0.25) is 5.69 Å². The van der Waals surface area contributed by atoms with Crippen LogP contribution in [0.3, 0.4) is 0 Å². The fourth-order valence-electron chi connectivity index (χ4n) is 6.25. The van der Waals surface area contributed by atoms with E-state index in [2.05, 4.69) is 163 Å². The Kier molecular flexibility index (Phi) is 6.51. The van der Waals surface area contributed by atoms with Crippen molar-refractivity contribution in [1.82, 2.24) is 4.98 Å². The van der Waals surface area contributed by atoms with E-state index in [1.54, 1.807) is 0 Å². The summed E-state index contributed by atoms with van der Waals surface area (Å²) in [5, 5.41) is 10.0. The minimum atomic E-state index is 0.904. The summed E-state index contributed by atoms with van der Waals surface area (Å²) >= 11 is 0. The van der Waals surface area contributed by atoms with E-state index in [9.17, 15) is 0 Å². The van der Waals surface area contributed by atoms with Gasteiger partial charge in [0, 0.05) is 18.3 Å². The van der Waals surface area contributed by atoms with Crippen LogP contribution >= 0.6 is 0 Å². The summed E-state index contributed by atoms with van der Waals surface area (Å²) in [6, 6.07) is 47.4. The summed E-state index contributed by atoms with van der Waals surface area (Å²) in [6.45, 7) is 0. The van der Waals surface area contributed by atoms with Crippen LogP contribution in [0.5, 0.6) is 0 Å². The fourth-order valence-corrected chi connectivity index (χ4v) is 6.25. The molecule has 6 aromatic carbocycles. The Labute approximate surface area is 256 Å². The molecule has 206 valence electrons. The van der Waals surface area contributed by atoms with Gasteiger partial charge in [-0.25, -0.2) is 9.97 Å². The molecule has 8 aromatic rings. The van der Waals surface area contributed by atoms with Crippen LogP contribution in [0, 0.1) is 0 Å². The standard InChI is InChI=1S/C42H28N2/c1-5-13-35-31(9-1)27-32-10-2-6-14-36(32)39(35)19-17-29-21-23-43-41(25-29)42-26-30(22-24-44-42)18-20-40-37-15-7-3-11-33(37)28-34-12-4-8-16-38(34)40/h1-28H/p+1/b19-17+,20-18+. The van der Waals surface area contributed by atoms with Crippen molar-refractivity contribution in [1.29, 1.82) is 0 Å². The Hall–Kier alpha value is -5.86. The molecule has 2 aromatic heterocycles. The van der Waals surface area contributed by atoms with E-state index in [1.807, 2.05) is 12.4 Å². The van der Waals surface area contributed by atoms with Crippen LogP contribution in [0.25, 0.3) is 78.8 Å². The Balaban J connectivity index is 1.14. The van der Waals surface area contributed by atoms with E-state index in [-0.39, 0.29) is 0 Å². The molecule has 0 saturated heterocycles. The van der Waals surface area contributed by atoms with Crippen LogP contribution in [-0.2, 0) is 0 Å². The molecule has 0 amide bonds. The predicted octanol–water partition coefficient (Wildman–Crippen LogP) is 10.5. The van der Waals surface area contributed by atoms with Gasteiger partial charge in [-0.3, -0.25) is 0 Å². The van der Waals surface area contributed by atoms with Crippen molar-refractivity contribution >= 4 is 67.4 Å². The maximum Gasteiger partial charge on any atom is 0.230 e. The molecule has 0 atom stereocenters. The van der Waals surface area contributed by atoms with Gasteiger partial charge in [0.15, 0.2) is 6.20 Å². The highest BCUT2D eigenvalue weighted by molar-refractivity contribution is 6.09. The van der Waals surface area contributed by atoms with Gasteiger partial charge in [-0.15, -0.1) is 0 Å². The molecule has 0 aliphatic rings. The second-order valence-electron chi connectivity index (χ2n) is 11.1. The van der Waals surface area contributed by atoms with Gasteiger partial charge in [-0.05, 0) is 89.6 Å². The number of benzene rings is 6.